The van der Waals surface area contributed by atoms with Crippen LogP contribution in [0, 0.1) is 11.7 Å². The highest BCUT2D eigenvalue weighted by Crippen LogP contribution is 2.29. The standard InChI is InChI=1S/C17H27FN2O/c1-20(13-14-6-3-4-7-14)17-15(8-5-9-16(17)18)12-19-10-11-21-2/h5,8-9,14,19H,3-4,6-7,10-13H2,1-2H3. The van der Waals surface area contributed by atoms with Gasteiger partial charge < -0.3 is 15.0 Å². The number of hydrogen-bond acceptors (Lipinski definition) is 3. The number of methoxy groups -OCH3 is 1. The minimum absolute atomic E-state index is 0.124. The molecule has 1 aliphatic rings. The first-order valence-corrected chi connectivity index (χ1v) is 7.90. The average Bonchev–Trinajstić information content (AvgIpc) is 2.96. The normalized spacial score (nSPS) is 15.6. The summed E-state index contributed by atoms with van der Waals surface area (Å²) in [6.45, 7) is 3.07. The summed E-state index contributed by atoms with van der Waals surface area (Å²) in [5.41, 5.74) is 1.76. The Kier molecular flexibility index (Phi) is 6.46. The summed E-state index contributed by atoms with van der Waals surface area (Å²) in [6, 6.07) is 5.35. The number of ether oxygens (including phenoxy) is 1. The van der Waals surface area contributed by atoms with E-state index in [1.165, 1.54) is 25.7 Å². The summed E-state index contributed by atoms with van der Waals surface area (Å²) in [4.78, 5) is 2.10. The Hall–Kier alpha value is -1.13. The second-order valence-electron chi connectivity index (χ2n) is 5.95. The predicted octanol–water partition coefficient (Wildman–Crippen LogP) is 3.19. The highest BCUT2D eigenvalue weighted by molar-refractivity contribution is 5.54. The SMILES string of the molecule is COCCNCc1cccc(F)c1N(C)CC1CCCC1. The van der Waals surface area contributed by atoms with Crippen molar-refractivity contribution in [3.8, 4) is 0 Å². The van der Waals surface area contributed by atoms with Gasteiger partial charge in [0.2, 0.25) is 0 Å². The van der Waals surface area contributed by atoms with Crippen molar-refractivity contribution in [1.29, 1.82) is 0 Å². The third kappa shape index (κ3) is 4.68. The number of hydrogen-bond donors (Lipinski definition) is 1. The smallest absolute Gasteiger partial charge is 0.146 e. The van der Waals surface area contributed by atoms with Crippen molar-refractivity contribution in [1.82, 2.24) is 5.32 Å². The summed E-state index contributed by atoms with van der Waals surface area (Å²) in [5, 5.41) is 3.30. The quantitative estimate of drug-likeness (QED) is 0.745. The fraction of sp³-hybridized carbons (Fsp3) is 0.647. The molecule has 0 aliphatic heterocycles. The molecule has 2 rings (SSSR count). The minimum Gasteiger partial charge on any atom is -0.383 e. The molecule has 0 unspecified atom stereocenters. The molecule has 0 atom stereocenters. The van der Waals surface area contributed by atoms with Crippen molar-refractivity contribution in [3.05, 3.63) is 29.6 Å². The first-order valence-electron chi connectivity index (χ1n) is 7.90. The van der Waals surface area contributed by atoms with E-state index in [9.17, 15) is 4.39 Å². The maximum absolute atomic E-state index is 14.3. The van der Waals surface area contributed by atoms with E-state index in [-0.39, 0.29) is 5.82 Å². The van der Waals surface area contributed by atoms with Crippen LogP contribution in [0.1, 0.15) is 31.2 Å². The number of nitrogens with zero attached hydrogens (tertiary/aromatic N) is 1. The highest BCUT2D eigenvalue weighted by Gasteiger charge is 2.20. The molecule has 0 spiro atoms. The van der Waals surface area contributed by atoms with Gasteiger partial charge in [-0.1, -0.05) is 25.0 Å². The van der Waals surface area contributed by atoms with Crippen LogP contribution in [-0.4, -0.2) is 33.9 Å². The van der Waals surface area contributed by atoms with E-state index >= 15 is 0 Å². The number of para-hydroxylation sites is 1. The Balaban J connectivity index is 2.01. The zero-order chi connectivity index (χ0) is 15.1. The van der Waals surface area contributed by atoms with Crippen molar-refractivity contribution in [2.75, 3.05) is 38.8 Å². The van der Waals surface area contributed by atoms with Crippen LogP contribution in [0.3, 0.4) is 0 Å². The molecule has 1 aromatic carbocycles. The topological polar surface area (TPSA) is 24.5 Å². The summed E-state index contributed by atoms with van der Waals surface area (Å²) in [5.74, 6) is 0.588. The van der Waals surface area contributed by atoms with E-state index < -0.39 is 0 Å². The minimum atomic E-state index is -0.124. The van der Waals surface area contributed by atoms with Crippen LogP contribution in [0.2, 0.25) is 0 Å². The molecule has 1 fully saturated rings. The Morgan fingerprint density at radius 2 is 2.10 bits per heavy atom. The van der Waals surface area contributed by atoms with Crippen molar-refractivity contribution in [2.24, 2.45) is 5.92 Å². The number of halogens is 1. The molecule has 3 nitrogen and oxygen atoms in total. The van der Waals surface area contributed by atoms with Gasteiger partial charge in [0, 0.05) is 33.8 Å². The molecule has 4 heteroatoms. The highest BCUT2D eigenvalue weighted by atomic mass is 19.1. The fourth-order valence-electron chi connectivity index (χ4n) is 3.20. The van der Waals surface area contributed by atoms with Crippen LogP contribution in [0.25, 0.3) is 0 Å². The molecular weight excluding hydrogens is 267 g/mol. The first-order chi connectivity index (χ1) is 10.2. The molecule has 118 valence electrons. The van der Waals surface area contributed by atoms with Crippen LogP contribution >= 0.6 is 0 Å². The van der Waals surface area contributed by atoms with Crippen LogP contribution < -0.4 is 10.2 Å². The lowest BCUT2D eigenvalue weighted by Crippen LogP contribution is -2.27. The number of nitrogens with one attached hydrogen (secondary N) is 1. The summed E-state index contributed by atoms with van der Waals surface area (Å²) >= 11 is 0. The van der Waals surface area contributed by atoms with E-state index in [0.29, 0.717) is 19.1 Å². The second kappa shape index (κ2) is 8.35. The van der Waals surface area contributed by atoms with Crippen LogP contribution in [0.4, 0.5) is 10.1 Å². The van der Waals surface area contributed by atoms with E-state index in [4.69, 9.17) is 4.74 Å². The fourth-order valence-corrected chi connectivity index (χ4v) is 3.20. The lowest BCUT2D eigenvalue weighted by molar-refractivity contribution is 0.199. The molecular formula is C17H27FN2O. The largest absolute Gasteiger partial charge is 0.383 e. The van der Waals surface area contributed by atoms with Crippen molar-refractivity contribution >= 4 is 5.69 Å². The third-order valence-electron chi connectivity index (χ3n) is 4.26. The first kappa shape index (κ1) is 16.2. The molecule has 0 amide bonds. The van der Waals surface area contributed by atoms with Crippen LogP contribution in [0.5, 0.6) is 0 Å². The molecule has 0 saturated heterocycles. The number of rotatable bonds is 8. The van der Waals surface area contributed by atoms with Gasteiger partial charge in [-0.2, -0.15) is 0 Å². The average molecular weight is 294 g/mol. The third-order valence-corrected chi connectivity index (χ3v) is 4.26. The lowest BCUT2D eigenvalue weighted by atomic mass is 10.1. The Morgan fingerprint density at radius 3 is 2.81 bits per heavy atom. The summed E-state index contributed by atoms with van der Waals surface area (Å²) in [6.07, 6.45) is 5.20. The van der Waals surface area contributed by atoms with E-state index in [1.807, 2.05) is 13.1 Å². The van der Waals surface area contributed by atoms with Gasteiger partial charge in [-0.3, -0.25) is 0 Å². The molecule has 1 aliphatic carbocycles. The van der Waals surface area contributed by atoms with Gasteiger partial charge in [0.05, 0.1) is 12.3 Å². The molecule has 21 heavy (non-hydrogen) atoms. The van der Waals surface area contributed by atoms with Gasteiger partial charge in [0.1, 0.15) is 5.82 Å². The van der Waals surface area contributed by atoms with Gasteiger partial charge in [0.15, 0.2) is 0 Å². The lowest BCUT2D eigenvalue weighted by Gasteiger charge is -2.26. The van der Waals surface area contributed by atoms with Crippen LogP contribution in [0.15, 0.2) is 18.2 Å². The molecule has 1 saturated carbocycles. The molecule has 0 radical (unpaired) electrons. The van der Waals surface area contributed by atoms with Crippen molar-refractivity contribution in [3.63, 3.8) is 0 Å². The maximum Gasteiger partial charge on any atom is 0.146 e. The zero-order valence-corrected chi connectivity index (χ0v) is 13.2. The Morgan fingerprint density at radius 1 is 1.33 bits per heavy atom. The van der Waals surface area contributed by atoms with E-state index in [2.05, 4.69) is 10.2 Å². The Bertz CT molecular complexity index is 433. The van der Waals surface area contributed by atoms with Gasteiger partial charge in [0.25, 0.3) is 0 Å². The molecule has 1 aromatic rings. The van der Waals surface area contributed by atoms with Crippen molar-refractivity contribution < 1.29 is 9.13 Å². The van der Waals surface area contributed by atoms with Gasteiger partial charge in [-0.05, 0) is 30.4 Å². The molecule has 0 bridgehead atoms. The second-order valence-corrected chi connectivity index (χ2v) is 5.95. The van der Waals surface area contributed by atoms with E-state index in [1.54, 1.807) is 19.2 Å². The van der Waals surface area contributed by atoms with Gasteiger partial charge in [-0.25, -0.2) is 4.39 Å². The summed E-state index contributed by atoms with van der Waals surface area (Å²) in [7, 11) is 3.69. The zero-order valence-electron chi connectivity index (χ0n) is 13.2. The van der Waals surface area contributed by atoms with Gasteiger partial charge in [-0.15, -0.1) is 0 Å². The number of benzene rings is 1. The van der Waals surface area contributed by atoms with E-state index in [0.717, 1.165) is 24.3 Å². The Labute approximate surface area is 127 Å². The number of anilines is 1. The monoisotopic (exact) mass is 294 g/mol. The van der Waals surface area contributed by atoms with Crippen molar-refractivity contribution in [2.45, 2.75) is 32.2 Å². The molecule has 0 aromatic heterocycles. The molecule has 1 N–H and O–H groups in total. The summed E-state index contributed by atoms with van der Waals surface area (Å²) < 4.78 is 19.3. The predicted molar refractivity (Wildman–Crippen MR) is 85.2 cm³/mol. The molecule has 0 heterocycles. The maximum atomic E-state index is 14.3. The van der Waals surface area contributed by atoms with Crippen LogP contribution in [-0.2, 0) is 11.3 Å². The van der Waals surface area contributed by atoms with Gasteiger partial charge >= 0.3 is 0 Å².